The van der Waals surface area contributed by atoms with E-state index in [4.69, 9.17) is 0 Å². The fourth-order valence-electron chi connectivity index (χ4n) is 1.65. The predicted molar refractivity (Wildman–Crippen MR) is 49.0 cm³/mol. The van der Waals surface area contributed by atoms with Crippen LogP contribution in [0.5, 0.6) is 0 Å². The van der Waals surface area contributed by atoms with Gasteiger partial charge in [0.15, 0.2) is 0 Å². The van der Waals surface area contributed by atoms with Crippen molar-refractivity contribution in [3.8, 4) is 0 Å². The third-order valence-electron chi connectivity index (χ3n) is 2.34. The average Bonchev–Trinajstić information content (AvgIpc) is 2.05. The number of nitrogens with zero attached hydrogens (tertiary/aromatic N) is 1. The lowest BCUT2D eigenvalue weighted by Gasteiger charge is -2.32. The molecular weight excluding hydrogens is 152 g/mol. The molecule has 0 aromatic rings. The summed E-state index contributed by atoms with van der Waals surface area (Å²) in [4.78, 5) is 13.0. The molecule has 1 heterocycles. The first-order valence-corrected chi connectivity index (χ1v) is 4.73. The van der Waals surface area contributed by atoms with Crippen LogP contribution in [-0.4, -0.2) is 36.5 Å². The van der Waals surface area contributed by atoms with Crippen LogP contribution in [-0.2, 0) is 4.79 Å². The van der Waals surface area contributed by atoms with Crippen molar-refractivity contribution >= 4 is 5.91 Å². The molecule has 3 heteroatoms. The molecule has 1 atom stereocenters. The first-order valence-electron chi connectivity index (χ1n) is 4.73. The van der Waals surface area contributed by atoms with Crippen molar-refractivity contribution in [1.82, 2.24) is 10.2 Å². The molecule has 1 rings (SSSR count). The van der Waals surface area contributed by atoms with E-state index in [1.807, 2.05) is 4.90 Å². The van der Waals surface area contributed by atoms with E-state index in [-0.39, 0.29) is 5.91 Å². The van der Waals surface area contributed by atoms with Gasteiger partial charge >= 0.3 is 0 Å². The molecule has 0 aromatic heterocycles. The number of hydrogen-bond donors (Lipinski definition) is 1. The van der Waals surface area contributed by atoms with Crippen molar-refractivity contribution in [1.29, 1.82) is 0 Å². The number of rotatable bonds is 2. The molecule has 0 bridgehead atoms. The number of hydrogen-bond acceptors (Lipinski definition) is 2. The Morgan fingerprint density at radius 3 is 3.00 bits per heavy atom. The quantitative estimate of drug-likeness (QED) is 0.658. The molecule has 1 N–H and O–H groups in total. The Labute approximate surface area is 74.1 Å². The molecule has 1 unspecified atom stereocenters. The summed E-state index contributed by atoms with van der Waals surface area (Å²) in [7, 11) is 0. The van der Waals surface area contributed by atoms with E-state index in [1.165, 1.54) is 12.8 Å². The maximum absolute atomic E-state index is 11.0. The van der Waals surface area contributed by atoms with E-state index in [1.54, 1.807) is 6.92 Å². The lowest BCUT2D eigenvalue weighted by atomic mass is 10.1. The van der Waals surface area contributed by atoms with Gasteiger partial charge in [0.2, 0.25) is 5.91 Å². The van der Waals surface area contributed by atoms with Crippen LogP contribution in [0.3, 0.4) is 0 Å². The maximum Gasteiger partial charge on any atom is 0.219 e. The largest absolute Gasteiger partial charge is 0.340 e. The Morgan fingerprint density at radius 2 is 2.42 bits per heavy atom. The topological polar surface area (TPSA) is 32.3 Å². The predicted octanol–water partition coefficient (Wildman–Crippen LogP) is 0.607. The SMILES string of the molecule is CCCC1CN(C(C)=O)CCN1. The van der Waals surface area contributed by atoms with Gasteiger partial charge in [-0.2, -0.15) is 0 Å². The van der Waals surface area contributed by atoms with Crippen LogP contribution >= 0.6 is 0 Å². The number of amides is 1. The molecule has 3 nitrogen and oxygen atoms in total. The van der Waals surface area contributed by atoms with Crippen molar-refractivity contribution in [2.24, 2.45) is 0 Å². The van der Waals surface area contributed by atoms with Crippen LogP contribution in [0, 0.1) is 0 Å². The zero-order valence-corrected chi connectivity index (χ0v) is 7.97. The minimum Gasteiger partial charge on any atom is -0.340 e. The molecule has 0 saturated carbocycles. The zero-order chi connectivity index (χ0) is 8.97. The summed E-state index contributed by atoms with van der Waals surface area (Å²) in [6, 6.07) is 0.521. The summed E-state index contributed by atoms with van der Waals surface area (Å²) in [5.74, 6) is 0.206. The number of carbonyl (C=O) groups is 1. The highest BCUT2D eigenvalue weighted by molar-refractivity contribution is 5.73. The Morgan fingerprint density at radius 1 is 1.67 bits per heavy atom. The summed E-state index contributed by atoms with van der Waals surface area (Å²) in [6.07, 6.45) is 2.35. The monoisotopic (exact) mass is 170 g/mol. The summed E-state index contributed by atoms with van der Waals surface area (Å²) >= 11 is 0. The van der Waals surface area contributed by atoms with Gasteiger partial charge in [-0.15, -0.1) is 0 Å². The van der Waals surface area contributed by atoms with Crippen LogP contribution in [0.25, 0.3) is 0 Å². The lowest BCUT2D eigenvalue weighted by Crippen LogP contribution is -2.51. The summed E-state index contributed by atoms with van der Waals surface area (Å²) in [6.45, 7) is 6.53. The molecule has 0 aromatic carbocycles. The standard InChI is InChI=1S/C9H18N2O/c1-3-4-9-7-11(8(2)12)6-5-10-9/h9-10H,3-7H2,1-2H3. The van der Waals surface area contributed by atoms with Crippen molar-refractivity contribution in [2.75, 3.05) is 19.6 Å². The van der Waals surface area contributed by atoms with Gasteiger partial charge in [0.05, 0.1) is 0 Å². The fraction of sp³-hybridized carbons (Fsp3) is 0.889. The van der Waals surface area contributed by atoms with E-state index < -0.39 is 0 Å². The van der Waals surface area contributed by atoms with Gasteiger partial charge in [-0.3, -0.25) is 4.79 Å². The van der Waals surface area contributed by atoms with E-state index in [0.717, 1.165) is 19.6 Å². The highest BCUT2D eigenvalue weighted by atomic mass is 16.2. The van der Waals surface area contributed by atoms with Crippen molar-refractivity contribution in [3.63, 3.8) is 0 Å². The second-order valence-corrected chi connectivity index (χ2v) is 3.40. The third kappa shape index (κ3) is 2.48. The number of carbonyl (C=O) groups excluding carboxylic acids is 1. The van der Waals surface area contributed by atoms with Gasteiger partial charge in [0.1, 0.15) is 0 Å². The van der Waals surface area contributed by atoms with Crippen molar-refractivity contribution < 1.29 is 4.79 Å². The second kappa shape index (κ2) is 4.45. The normalized spacial score (nSPS) is 24.2. The van der Waals surface area contributed by atoms with Gasteiger partial charge in [0.25, 0.3) is 0 Å². The van der Waals surface area contributed by atoms with Gasteiger partial charge in [0, 0.05) is 32.6 Å². The van der Waals surface area contributed by atoms with Gasteiger partial charge < -0.3 is 10.2 Å². The third-order valence-corrected chi connectivity index (χ3v) is 2.34. The Kier molecular flexibility index (Phi) is 3.53. The summed E-state index contributed by atoms with van der Waals surface area (Å²) in [5.41, 5.74) is 0. The molecule has 1 fully saturated rings. The van der Waals surface area contributed by atoms with Crippen LogP contribution in [0.15, 0.2) is 0 Å². The Balaban J connectivity index is 2.35. The van der Waals surface area contributed by atoms with Crippen LogP contribution in [0.1, 0.15) is 26.7 Å². The molecule has 1 aliphatic heterocycles. The number of nitrogens with one attached hydrogen (secondary N) is 1. The maximum atomic E-state index is 11.0. The molecule has 1 amide bonds. The molecular formula is C9H18N2O. The smallest absolute Gasteiger partial charge is 0.219 e. The highest BCUT2D eigenvalue weighted by Crippen LogP contribution is 2.04. The van der Waals surface area contributed by atoms with Gasteiger partial charge in [-0.1, -0.05) is 13.3 Å². The summed E-state index contributed by atoms with van der Waals surface area (Å²) < 4.78 is 0. The van der Waals surface area contributed by atoms with E-state index in [0.29, 0.717) is 6.04 Å². The molecule has 1 aliphatic rings. The van der Waals surface area contributed by atoms with Gasteiger partial charge in [-0.25, -0.2) is 0 Å². The zero-order valence-electron chi connectivity index (χ0n) is 7.97. The molecule has 0 aliphatic carbocycles. The second-order valence-electron chi connectivity index (χ2n) is 3.40. The van der Waals surface area contributed by atoms with Crippen LogP contribution < -0.4 is 5.32 Å². The molecule has 0 radical (unpaired) electrons. The van der Waals surface area contributed by atoms with Crippen LogP contribution in [0.2, 0.25) is 0 Å². The first-order chi connectivity index (χ1) is 5.74. The first kappa shape index (κ1) is 9.52. The minimum absolute atomic E-state index is 0.206. The van der Waals surface area contributed by atoms with E-state index in [9.17, 15) is 4.79 Å². The lowest BCUT2D eigenvalue weighted by molar-refractivity contribution is -0.130. The highest BCUT2D eigenvalue weighted by Gasteiger charge is 2.19. The van der Waals surface area contributed by atoms with Crippen LogP contribution in [0.4, 0.5) is 0 Å². The molecule has 12 heavy (non-hydrogen) atoms. The van der Waals surface area contributed by atoms with Crippen molar-refractivity contribution in [3.05, 3.63) is 0 Å². The molecule has 1 saturated heterocycles. The average molecular weight is 170 g/mol. The van der Waals surface area contributed by atoms with E-state index >= 15 is 0 Å². The molecule has 70 valence electrons. The summed E-state index contributed by atoms with van der Waals surface area (Å²) in [5, 5.41) is 3.41. The minimum atomic E-state index is 0.206. The Hall–Kier alpha value is -0.570. The molecule has 0 spiro atoms. The Bertz CT molecular complexity index is 157. The fourth-order valence-corrected chi connectivity index (χ4v) is 1.65. The van der Waals surface area contributed by atoms with Gasteiger partial charge in [-0.05, 0) is 6.42 Å². The number of piperazine rings is 1. The van der Waals surface area contributed by atoms with E-state index in [2.05, 4.69) is 12.2 Å². The van der Waals surface area contributed by atoms with Crippen molar-refractivity contribution in [2.45, 2.75) is 32.7 Å².